The highest BCUT2D eigenvalue weighted by Crippen LogP contribution is 2.35. The topological polar surface area (TPSA) is 91.9 Å². The Balaban J connectivity index is 2.37. The summed E-state index contributed by atoms with van der Waals surface area (Å²) in [4.78, 5) is 11.9. The molecule has 2 N–H and O–H groups in total. The second-order valence-electron chi connectivity index (χ2n) is 5.08. The van der Waals surface area contributed by atoms with Crippen LogP contribution in [-0.2, 0) is 15.5 Å². The van der Waals surface area contributed by atoms with E-state index >= 15 is 0 Å². The third-order valence-corrected chi connectivity index (χ3v) is 4.56. The van der Waals surface area contributed by atoms with Crippen molar-refractivity contribution in [3.05, 3.63) is 11.4 Å². The fraction of sp³-hybridized carbons (Fsp3) is 0.636. The number of aryl methyl sites for hydroxylation is 1. The molecule has 0 aromatic carbocycles. The summed E-state index contributed by atoms with van der Waals surface area (Å²) in [6.45, 7) is 3.80. The van der Waals surface area contributed by atoms with E-state index in [-0.39, 0.29) is 16.1 Å². The molecule has 6 nitrogen and oxygen atoms in total. The zero-order valence-electron chi connectivity index (χ0n) is 10.8. The first-order valence-electron chi connectivity index (χ1n) is 6.11. The lowest BCUT2D eigenvalue weighted by atomic mass is 10.2. The lowest BCUT2D eigenvalue weighted by Crippen LogP contribution is -2.35. The predicted octanol–water partition coefficient (Wildman–Crippen LogP) is 1.57. The van der Waals surface area contributed by atoms with Gasteiger partial charge in [-0.2, -0.15) is 5.10 Å². The molecule has 0 atom stereocenters. The number of hydrogen-bond donors (Lipinski definition) is 2. The molecule has 1 fully saturated rings. The average molecular weight is 306 g/mol. The maximum Gasteiger partial charge on any atom is 0.273 e. The number of halogens is 1. The molecule has 1 aromatic rings. The SMILES string of the molecule is CCCc1[nH]nc(C(=O)NC2(C)CC2)c1S(=O)(=O)Cl. The predicted molar refractivity (Wildman–Crippen MR) is 70.7 cm³/mol. The van der Waals surface area contributed by atoms with E-state index in [4.69, 9.17) is 10.7 Å². The Hall–Kier alpha value is -1.08. The zero-order chi connectivity index (χ0) is 14.3. The van der Waals surface area contributed by atoms with E-state index in [9.17, 15) is 13.2 Å². The van der Waals surface area contributed by atoms with Crippen LogP contribution in [0.2, 0.25) is 0 Å². The maximum atomic E-state index is 12.1. The smallest absolute Gasteiger partial charge is 0.273 e. The van der Waals surface area contributed by atoms with Crippen LogP contribution < -0.4 is 5.32 Å². The number of nitrogens with zero attached hydrogens (tertiary/aromatic N) is 1. The Morgan fingerprint density at radius 2 is 2.16 bits per heavy atom. The first kappa shape index (κ1) is 14.3. The first-order chi connectivity index (χ1) is 8.77. The molecule has 0 spiro atoms. The third kappa shape index (κ3) is 3.09. The van der Waals surface area contributed by atoms with Gasteiger partial charge in [0, 0.05) is 16.2 Å². The van der Waals surface area contributed by atoms with Gasteiger partial charge >= 0.3 is 0 Å². The molecular formula is C11H16ClN3O3S. The molecule has 1 saturated carbocycles. The highest BCUT2D eigenvalue weighted by molar-refractivity contribution is 8.13. The Bertz CT molecular complexity index is 605. The van der Waals surface area contributed by atoms with Crippen molar-refractivity contribution in [1.29, 1.82) is 0 Å². The van der Waals surface area contributed by atoms with Crippen LogP contribution in [0.15, 0.2) is 4.90 Å². The van der Waals surface area contributed by atoms with Gasteiger partial charge in [-0.05, 0) is 26.2 Å². The molecule has 106 valence electrons. The maximum absolute atomic E-state index is 12.1. The van der Waals surface area contributed by atoms with Crippen molar-refractivity contribution in [2.75, 3.05) is 0 Å². The second kappa shape index (κ2) is 4.79. The zero-order valence-corrected chi connectivity index (χ0v) is 12.4. The largest absolute Gasteiger partial charge is 0.345 e. The Morgan fingerprint density at radius 1 is 1.53 bits per heavy atom. The van der Waals surface area contributed by atoms with E-state index in [0.29, 0.717) is 12.1 Å². The van der Waals surface area contributed by atoms with Gasteiger partial charge in [-0.15, -0.1) is 0 Å². The molecule has 0 radical (unpaired) electrons. The number of carbonyl (C=O) groups excluding carboxylic acids is 1. The number of nitrogens with one attached hydrogen (secondary N) is 2. The Kier molecular flexibility index (Phi) is 3.61. The van der Waals surface area contributed by atoms with Crippen LogP contribution in [0, 0.1) is 0 Å². The summed E-state index contributed by atoms with van der Waals surface area (Å²) >= 11 is 0. The van der Waals surface area contributed by atoms with Gasteiger partial charge in [0.2, 0.25) is 0 Å². The molecule has 8 heteroatoms. The quantitative estimate of drug-likeness (QED) is 0.808. The number of carbonyl (C=O) groups is 1. The van der Waals surface area contributed by atoms with Gasteiger partial charge in [0.15, 0.2) is 5.69 Å². The number of H-pyrrole nitrogens is 1. The molecular weight excluding hydrogens is 290 g/mol. The molecule has 19 heavy (non-hydrogen) atoms. The van der Waals surface area contributed by atoms with Crippen LogP contribution in [0.3, 0.4) is 0 Å². The minimum absolute atomic E-state index is 0.147. The third-order valence-electron chi connectivity index (χ3n) is 3.17. The van der Waals surface area contributed by atoms with Crippen LogP contribution in [0.1, 0.15) is 49.3 Å². The number of aromatic nitrogens is 2. The lowest BCUT2D eigenvalue weighted by Gasteiger charge is -2.10. The van der Waals surface area contributed by atoms with E-state index in [2.05, 4.69) is 15.5 Å². The van der Waals surface area contributed by atoms with Crippen molar-refractivity contribution in [3.8, 4) is 0 Å². The summed E-state index contributed by atoms with van der Waals surface area (Å²) in [6, 6.07) is 0. The number of hydrogen-bond acceptors (Lipinski definition) is 4. The Morgan fingerprint density at radius 3 is 2.63 bits per heavy atom. The molecule has 1 aliphatic rings. The average Bonchev–Trinajstić information content (AvgIpc) is 2.85. The molecule has 0 saturated heterocycles. The normalized spacial score (nSPS) is 17.2. The second-order valence-corrected chi connectivity index (χ2v) is 7.59. The summed E-state index contributed by atoms with van der Waals surface area (Å²) in [5, 5.41) is 9.18. The van der Waals surface area contributed by atoms with Gasteiger partial charge in [-0.3, -0.25) is 9.89 Å². The summed E-state index contributed by atoms with van der Waals surface area (Å²) < 4.78 is 23.2. The minimum atomic E-state index is -4.01. The molecule has 1 aliphatic carbocycles. The Labute approximate surface area is 116 Å². The summed E-state index contributed by atoms with van der Waals surface area (Å²) in [6.07, 6.45) is 2.96. The highest BCUT2D eigenvalue weighted by atomic mass is 35.7. The van der Waals surface area contributed by atoms with Crippen molar-refractivity contribution < 1.29 is 13.2 Å². The molecule has 1 amide bonds. The van der Waals surface area contributed by atoms with E-state index in [1.165, 1.54) is 0 Å². The van der Waals surface area contributed by atoms with Crippen molar-refractivity contribution in [1.82, 2.24) is 15.5 Å². The molecule has 1 aromatic heterocycles. The van der Waals surface area contributed by atoms with Crippen molar-refractivity contribution in [2.45, 2.75) is 50.0 Å². The molecule has 1 heterocycles. The van der Waals surface area contributed by atoms with Gasteiger partial charge in [0.1, 0.15) is 4.90 Å². The summed E-state index contributed by atoms with van der Waals surface area (Å²) in [5.74, 6) is -0.502. The van der Waals surface area contributed by atoms with Crippen LogP contribution in [0.4, 0.5) is 0 Å². The van der Waals surface area contributed by atoms with Crippen molar-refractivity contribution in [3.63, 3.8) is 0 Å². The van der Waals surface area contributed by atoms with Gasteiger partial charge in [-0.25, -0.2) is 8.42 Å². The molecule has 2 rings (SSSR count). The van der Waals surface area contributed by atoms with Crippen LogP contribution in [0.5, 0.6) is 0 Å². The number of aromatic amines is 1. The van der Waals surface area contributed by atoms with Crippen molar-refractivity contribution >= 4 is 25.6 Å². The van der Waals surface area contributed by atoms with Gasteiger partial charge in [0.05, 0.1) is 5.69 Å². The first-order valence-corrected chi connectivity index (χ1v) is 8.42. The van der Waals surface area contributed by atoms with Gasteiger partial charge < -0.3 is 5.32 Å². The monoisotopic (exact) mass is 305 g/mol. The standard InChI is InChI=1S/C11H16ClN3O3S/c1-3-4-7-9(19(12,17)18)8(15-14-7)10(16)13-11(2)5-6-11/h3-6H2,1-2H3,(H,13,16)(H,14,15). The molecule has 0 bridgehead atoms. The van der Waals surface area contributed by atoms with E-state index in [0.717, 1.165) is 19.3 Å². The summed E-state index contributed by atoms with van der Waals surface area (Å²) in [5.41, 5.74) is -0.0101. The van der Waals surface area contributed by atoms with Crippen LogP contribution in [-0.4, -0.2) is 30.1 Å². The number of rotatable bonds is 5. The van der Waals surface area contributed by atoms with E-state index in [1.807, 2.05) is 13.8 Å². The van der Waals surface area contributed by atoms with E-state index in [1.54, 1.807) is 0 Å². The van der Waals surface area contributed by atoms with Gasteiger partial charge in [0.25, 0.3) is 15.0 Å². The summed E-state index contributed by atoms with van der Waals surface area (Å²) in [7, 11) is 1.40. The van der Waals surface area contributed by atoms with Crippen LogP contribution in [0.25, 0.3) is 0 Å². The fourth-order valence-corrected chi connectivity index (χ4v) is 3.16. The lowest BCUT2D eigenvalue weighted by molar-refractivity contribution is 0.0927. The van der Waals surface area contributed by atoms with Gasteiger partial charge in [-0.1, -0.05) is 13.3 Å². The molecule has 0 aliphatic heterocycles. The minimum Gasteiger partial charge on any atom is -0.345 e. The van der Waals surface area contributed by atoms with E-state index < -0.39 is 15.0 Å². The molecule has 0 unspecified atom stereocenters. The van der Waals surface area contributed by atoms with Crippen LogP contribution >= 0.6 is 10.7 Å². The number of amides is 1. The highest BCUT2D eigenvalue weighted by Gasteiger charge is 2.40. The fourth-order valence-electron chi connectivity index (χ4n) is 1.85. The van der Waals surface area contributed by atoms with Crippen molar-refractivity contribution in [2.24, 2.45) is 0 Å².